The number of aryl methyl sites for hydroxylation is 1. The van der Waals surface area contributed by atoms with Gasteiger partial charge in [0.1, 0.15) is 5.82 Å². The Morgan fingerprint density at radius 1 is 1.44 bits per heavy atom. The summed E-state index contributed by atoms with van der Waals surface area (Å²) in [5.41, 5.74) is 1.72. The van der Waals surface area contributed by atoms with E-state index in [1.54, 1.807) is 6.07 Å². The van der Waals surface area contributed by atoms with E-state index in [0.717, 1.165) is 23.3 Å². The molecule has 0 saturated carbocycles. The van der Waals surface area contributed by atoms with Gasteiger partial charge in [0.15, 0.2) is 0 Å². The second kappa shape index (κ2) is 5.19. The van der Waals surface area contributed by atoms with E-state index in [9.17, 15) is 9.50 Å². The Hall–Kier alpha value is -0.540. The first-order valence-corrected chi connectivity index (χ1v) is 6.79. The summed E-state index contributed by atoms with van der Waals surface area (Å²) in [7, 11) is 0. The Bertz CT molecular complexity index is 361. The second-order valence-corrected chi connectivity index (χ2v) is 5.70. The summed E-state index contributed by atoms with van der Waals surface area (Å²) < 4.78 is 13.0. The van der Waals surface area contributed by atoms with Crippen molar-refractivity contribution < 1.29 is 9.50 Å². The van der Waals surface area contributed by atoms with Crippen molar-refractivity contribution in [3.8, 4) is 0 Å². The van der Waals surface area contributed by atoms with Crippen LogP contribution in [0.3, 0.4) is 0 Å². The Balaban J connectivity index is 2.15. The van der Waals surface area contributed by atoms with E-state index in [1.165, 1.54) is 25.0 Å². The normalized spacial score (nSPS) is 23.1. The first-order chi connectivity index (χ1) is 7.68. The molecule has 16 heavy (non-hydrogen) atoms. The second-order valence-electron chi connectivity index (χ2n) is 4.35. The number of hydrogen-bond donors (Lipinski definition) is 1. The van der Waals surface area contributed by atoms with Crippen molar-refractivity contribution in [2.75, 3.05) is 5.75 Å². The molecule has 0 aromatic heterocycles. The molecule has 0 radical (unpaired) electrons. The number of benzene rings is 1. The third-order valence-electron chi connectivity index (χ3n) is 3.12. The smallest absolute Gasteiger partial charge is 0.123 e. The molecular weight excluding hydrogens is 223 g/mol. The van der Waals surface area contributed by atoms with Gasteiger partial charge in [0.25, 0.3) is 0 Å². The van der Waals surface area contributed by atoms with Crippen LogP contribution in [0.2, 0.25) is 0 Å². The van der Waals surface area contributed by atoms with Gasteiger partial charge in [-0.2, -0.15) is 11.8 Å². The molecule has 0 spiro atoms. The average Bonchev–Trinajstić information content (AvgIpc) is 2.29. The van der Waals surface area contributed by atoms with Crippen LogP contribution in [0.5, 0.6) is 0 Å². The highest BCUT2D eigenvalue weighted by molar-refractivity contribution is 7.99. The van der Waals surface area contributed by atoms with E-state index in [2.05, 4.69) is 0 Å². The fourth-order valence-electron chi connectivity index (χ4n) is 2.19. The van der Waals surface area contributed by atoms with Crippen molar-refractivity contribution in [3.63, 3.8) is 0 Å². The van der Waals surface area contributed by atoms with Crippen LogP contribution in [0.25, 0.3) is 0 Å². The maximum atomic E-state index is 13.0. The first-order valence-electron chi connectivity index (χ1n) is 5.74. The summed E-state index contributed by atoms with van der Waals surface area (Å²) in [6.45, 7) is 1.86. The highest BCUT2D eigenvalue weighted by Gasteiger charge is 2.24. The van der Waals surface area contributed by atoms with E-state index in [-0.39, 0.29) is 11.1 Å². The fraction of sp³-hybridized carbons (Fsp3) is 0.538. The summed E-state index contributed by atoms with van der Waals surface area (Å²) in [5, 5.41) is 10.5. The zero-order valence-electron chi connectivity index (χ0n) is 9.45. The highest BCUT2D eigenvalue weighted by atomic mass is 32.2. The van der Waals surface area contributed by atoms with Gasteiger partial charge >= 0.3 is 0 Å². The maximum absolute atomic E-state index is 13.0. The molecule has 2 unspecified atom stereocenters. The van der Waals surface area contributed by atoms with E-state index >= 15 is 0 Å². The Kier molecular flexibility index (Phi) is 3.87. The van der Waals surface area contributed by atoms with Gasteiger partial charge in [0.2, 0.25) is 0 Å². The molecule has 88 valence electrons. The van der Waals surface area contributed by atoms with Crippen molar-refractivity contribution in [1.82, 2.24) is 0 Å². The highest BCUT2D eigenvalue weighted by Crippen LogP contribution is 2.35. The number of hydrogen-bond acceptors (Lipinski definition) is 2. The lowest BCUT2D eigenvalue weighted by Gasteiger charge is -2.27. The van der Waals surface area contributed by atoms with Crippen molar-refractivity contribution in [3.05, 3.63) is 35.1 Å². The van der Waals surface area contributed by atoms with Crippen LogP contribution in [0.1, 0.15) is 36.5 Å². The lowest BCUT2D eigenvalue weighted by Crippen LogP contribution is -2.19. The number of aliphatic hydroxyl groups excluding tert-OH is 1. The summed E-state index contributed by atoms with van der Waals surface area (Å²) >= 11 is 1.84. The Morgan fingerprint density at radius 2 is 2.25 bits per heavy atom. The minimum atomic E-state index is -0.453. The standard InChI is InChI=1S/C13H17FOS/c1-9-8-10(14)5-6-11(9)13(15)12-4-2-3-7-16-12/h5-6,8,12-13,15H,2-4,7H2,1H3. The predicted octanol–water partition coefficient (Wildman–Crippen LogP) is 3.45. The van der Waals surface area contributed by atoms with E-state index in [1.807, 2.05) is 18.7 Å². The van der Waals surface area contributed by atoms with E-state index < -0.39 is 6.10 Å². The molecule has 1 N–H and O–H groups in total. The van der Waals surface area contributed by atoms with Crippen molar-refractivity contribution in [1.29, 1.82) is 0 Å². The third-order valence-corrected chi connectivity index (χ3v) is 4.56. The lowest BCUT2D eigenvalue weighted by atomic mass is 9.98. The number of aliphatic hydroxyl groups is 1. The van der Waals surface area contributed by atoms with Crippen LogP contribution in [0, 0.1) is 12.7 Å². The van der Waals surface area contributed by atoms with Gasteiger partial charge in [-0.3, -0.25) is 0 Å². The van der Waals surface area contributed by atoms with Crippen molar-refractivity contribution in [2.45, 2.75) is 37.5 Å². The van der Waals surface area contributed by atoms with Crippen molar-refractivity contribution >= 4 is 11.8 Å². The van der Waals surface area contributed by atoms with Crippen LogP contribution < -0.4 is 0 Å². The molecule has 1 aliphatic rings. The largest absolute Gasteiger partial charge is 0.387 e. The number of thioether (sulfide) groups is 1. The SMILES string of the molecule is Cc1cc(F)ccc1C(O)C1CCCCS1. The summed E-state index contributed by atoms with van der Waals surface area (Å²) in [6.07, 6.45) is 3.04. The minimum Gasteiger partial charge on any atom is -0.387 e. The van der Waals surface area contributed by atoms with Crippen LogP contribution in [-0.4, -0.2) is 16.1 Å². The van der Waals surface area contributed by atoms with Crippen LogP contribution in [-0.2, 0) is 0 Å². The molecule has 1 nitrogen and oxygen atoms in total. The zero-order chi connectivity index (χ0) is 11.5. The Morgan fingerprint density at radius 3 is 2.88 bits per heavy atom. The number of rotatable bonds is 2. The molecule has 2 rings (SSSR count). The quantitative estimate of drug-likeness (QED) is 0.854. The summed E-state index contributed by atoms with van der Waals surface area (Å²) in [4.78, 5) is 0. The van der Waals surface area contributed by atoms with Gasteiger partial charge < -0.3 is 5.11 Å². The molecule has 1 aromatic rings. The topological polar surface area (TPSA) is 20.2 Å². The monoisotopic (exact) mass is 240 g/mol. The molecule has 0 bridgehead atoms. The first kappa shape index (κ1) is 11.9. The molecule has 1 heterocycles. The van der Waals surface area contributed by atoms with Gasteiger partial charge in [-0.1, -0.05) is 12.5 Å². The van der Waals surface area contributed by atoms with Crippen LogP contribution >= 0.6 is 11.8 Å². The lowest BCUT2D eigenvalue weighted by molar-refractivity contribution is 0.168. The summed E-state index contributed by atoms with van der Waals surface area (Å²) in [5.74, 6) is 0.895. The zero-order valence-corrected chi connectivity index (χ0v) is 10.3. The van der Waals surface area contributed by atoms with Crippen LogP contribution in [0.4, 0.5) is 4.39 Å². The average molecular weight is 240 g/mol. The minimum absolute atomic E-state index is 0.232. The summed E-state index contributed by atoms with van der Waals surface area (Å²) in [6, 6.07) is 4.63. The van der Waals surface area contributed by atoms with E-state index in [0.29, 0.717) is 0 Å². The third kappa shape index (κ3) is 2.58. The molecule has 0 aliphatic carbocycles. The molecule has 0 amide bonds. The van der Waals surface area contributed by atoms with Gasteiger partial charge in [-0.15, -0.1) is 0 Å². The fourth-order valence-corrected chi connectivity index (χ4v) is 3.52. The molecular formula is C13H17FOS. The molecule has 2 atom stereocenters. The Labute approximate surface area is 100 Å². The molecule has 1 saturated heterocycles. The maximum Gasteiger partial charge on any atom is 0.123 e. The van der Waals surface area contributed by atoms with Crippen molar-refractivity contribution in [2.24, 2.45) is 0 Å². The molecule has 1 aliphatic heterocycles. The van der Waals surface area contributed by atoms with Gasteiger partial charge in [0, 0.05) is 5.25 Å². The van der Waals surface area contributed by atoms with Crippen LogP contribution in [0.15, 0.2) is 18.2 Å². The molecule has 1 aromatic carbocycles. The molecule has 1 fully saturated rings. The number of halogens is 1. The van der Waals surface area contributed by atoms with Gasteiger partial charge in [-0.05, 0) is 48.8 Å². The van der Waals surface area contributed by atoms with E-state index in [4.69, 9.17) is 0 Å². The van der Waals surface area contributed by atoms with Gasteiger partial charge in [-0.25, -0.2) is 4.39 Å². The molecule has 3 heteroatoms. The predicted molar refractivity (Wildman–Crippen MR) is 66.2 cm³/mol. The van der Waals surface area contributed by atoms with Gasteiger partial charge in [0.05, 0.1) is 6.10 Å².